The van der Waals surface area contributed by atoms with Gasteiger partial charge in [-0.1, -0.05) is 37.3 Å². The first-order valence-electron chi connectivity index (χ1n) is 10.2. The minimum Gasteiger partial charge on any atom is -0.312 e. The molecule has 164 valence electrons. The minimum atomic E-state index is -3.85. The molecule has 2 heterocycles. The summed E-state index contributed by atoms with van der Waals surface area (Å²) in [5.41, 5.74) is 2.43. The van der Waals surface area contributed by atoms with Gasteiger partial charge in [0.15, 0.2) is 0 Å². The third-order valence-electron chi connectivity index (χ3n) is 5.00. The Morgan fingerprint density at radius 3 is 2.67 bits per heavy atom. The van der Waals surface area contributed by atoms with E-state index in [2.05, 4.69) is 18.1 Å². The van der Waals surface area contributed by atoms with E-state index in [0.717, 1.165) is 23.0 Å². The van der Waals surface area contributed by atoms with Gasteiger partial charge in [0.1, 0.15) is 0 Å². The van der Waals surface area contributed by atoms with Crippen LogP contribution in [0.25, 0.3) is 11.0 Å². The second kappa shape index (κ2) is 11.3. The molecule has 2 N–H and O–H groups in total. The lowest BCUT2D eigenvalue weighted by molar-refractivity contribution is 0.182. The fourth-order valence-electron chi connectivity index (χ4n) is 3.48. The molecule has 0 spiro atoms. The van der Waals surface area contributed by atoms with Crippen LogP contribution >= 0.6 is 7.75 Å². The average molecular weight is 433 g/mol. The van der Waals surface area contributed by atoms with E-state index < -0.39 is 7.75 Å². The Bertz CT molecular complexity index is 984. The Hall–Kier alpha value is -2.18. The van der Waals surface area contributed by atoms with Gasteiger partial charge in [-0.2, -0.15) is 0 Å². The second-order valence-electron chi connectivity index (χ2n) is 7.12. The Balaban J connectivity index is 0.00000155. The van der Waals surface area contributed by atoms with Crippen molar-refractivity contribution in [1.29, 1.82) is 0 Å². The van der Waals surface area contributed by atoms with Crippen LogP contribution < -0.4 is 5.69 Å². The van der Waals surface area contributed by atoms with Crippen LogP contribution in [0.4, 0.5) is 0 Å². The smallest absolute Gasteiger partial charge is 0.312 e. The maximum Gasteiger partial charge on any atom is 0.405 e. The van der Waals surface area contributed by atoms with Crippen LogP contribution in [-0.4, -0.2) is 38.8 Å². The molecule has 0 saturated carbocycles. The molecule has 2 aromatic rings. The van der Waals surface area contributed by atoms with Crippen molar-refractivity contribution in [3.63, 3.8) is 0 Å². The molecule has 0 aliphatic carbocycles. The van der Waals surface area contributed by atoms with Gasteiger partial charge in [0.2, 0.25) is 0 Å². The Morgan fingerprint density at radius 1 is 1.33 bits per heavy atom. The summed E-state index contributed by atoms with van der Waals surface area (Å²) in [5.74, 6) is 0. The zero-order valence-corrected chi connectivity index (χ0v) is 18.7. The fraction of sp³-hybridized carbons (Fsp3) is 0.409. The summed E-state index contributed by atoms with van der Waals surface area (Å²) in [5, 5.41) is 0. The number of piperidine rings is 1. The van der Waals surface area contributed by atoms with E-state index >= 15 is 0 Å². The van der Waals surface area contributed by atoms with Gasteiger partial charge in [0.25, 0.3) is 0 Å². The summed E-state index contributed by atoms with van der Waals surface area (Å²) in [4.78, 5) is 25.6. The number of aromatic amines is 1. The molecule has 1 aromatic heterocycles. The molecule has 1 fully saturated rings. The highest BCUT2D eigenvalue weighted by Gasteiger charge is 2.34. The number of nitrogens with one attached hydrogen (secondary N) is 1. The summed E-state index contributed by atoms with van der Waals surface area (Å²) in [6, 6.07) is 7.59. The number of imidazole rings is 1. The van der Waals surface area contributed by atoms with Crippen molar-refractivity contribution in [1.82, 2.24) is 14.2 Å². The van der Waals surface area contributed by atoms with Crippen LogP contribution in [0.5, 0.6) is 0 Å². The average Bonchev–Trinajstić information content (AvgIpc) is 3.10. The highest BCUT2D eigenvalue weighted by molar-refractivity contribution is 7.50. The first-order valence-corrected chi connectivity index (χ1v) is 11.7. The van der Waals surface area contributed by atoms with Gasteiger partial charge >= 0.3 is 13.4 Å². The molecule has 7 nitrogen and oxygen atoms in total. The number of benzene rings is 1. The van der Waals surface area contributed by atoms with Crippen molar-refractivity contribution in [2.45, 2.75) is 39.2 Å². The minimum absolute atomic E-state index is 0.000660. The maximum absolute atomic E-state index is 12.6. The Labute approximate surface area is 178 Å². The van der Waals surface area contributed by atoms with E-state index in [9.17, 15) is 14.3 Å². The quantitative estimate of drug-likeness (QED) is 0.372. The van der Waals surface area contributed by atoms with Crippen LogP contribution in [0, 0.1) is 0 Å². The molecular weight excluding hydrogens is 401 g/mol. The summed E-state index contributed by atoms with van der Waals surface area (Å²) < 4.78 is 21.2. The van der Waals surface area contributed by atoms with Crippen molar-refractivity contribution < 1.29 is 14.0 Å². The molecule has 30 heavy (non-hydrogen) atoms. The van der Waals surface area contributed by atoms with Crippen molar-refractivity contribution in [3.05, 3.63) is 71.7 Å². The molecule has 1 atom stereocenters. The first kappa shape index (κ1) is 24.1. The fourth-order valence-corrected chi connectivity index (χ4v) is 4.76. The van der Waals surface area contributed by atoms with Gasteiger partial charge < -0.3 is 9.88 Å². The third-order valence-corrected chi connectivity index (χ3v) is 6.58. The van der Waals surface area contributed by atoms with Gasteiger partial charge in [-0.15, -0.1) is 13.2 Å². The molecule has 8 heteroatoms. The van der Waals surface area contributed by atoms with Gasteiger partial charge in [0.05, 0.1) is 17.6 Å². The molecule has 1 saturated heterocycles. The number of allylic oxidation sites excluding steroid dienone is 3. The summed E-state index contributed by atoms with van der Waals surface area (Å²) in [6.45, 7) is 10.8. The van der Waals surface area contributed by atoms with Crippen LogP contribution in [0.2, 0.25) is 0 Å². The number of aromatic nitrogens is 2. The number of hydrogen-bond acceptors (Lipinski definition) is 3. The topological polar surface area (TPSA) is 87.6 Å². The zero-order chi connectivity index (χ0) is 22.1. The number of rotatable bonds is 7. The van der Waals surface area contributed by atoms with Crippen molar-refractivity contribution in [2.24, 2.45) is 0 Å². The lowest BCUT2D eigenvalue weighted by atomic mass is 10.1. The molecule has 0 radical (unpaired) electrons. The zero-order valence-electron chi connectivity index (χ0n) is 17.8. The van der Waals surface area contributed by atoms with E-state index in [-0.39, 0.29) is 18.3 Å². The highest BCUT2D eigenvalue weighted by atomic mass is 31.2. The number of fused-ring (bicyclic) bond motifs is 1. The third kappa shape index (κ3) is 5.92. The van der Waals surface area contributed by atoms with Crippen LogP contribution in [0.3, 0.4) is 0 Å². The van der Waals surface area contributed by atoms with Gasteiger partial charge in [-0.25, -0.2) is 14.0 Å². The lowest BCUT2D eigenvalue weighted by Crippen LogP contribution is -2.35. The largest absolute Gasteiger partial charge is 0.405 e. The second-order valence-corrected chi connectivity index (χ2v) is 8.92. The van der Waals surface area contributed by atoms with Crippen molar-refractivity contribution >= 4 is 18.8 Å². The van der Waals surface area contributed by atoms with E-state index in [1.807, 2.05) is 56.3 Å². The summed E-state index contributed by atoms with van der Waals surface area (Å²) >= 11 is 0. The van der Waals surface area contributed by atoms with E-state index in [4.69, 9.17) is 4.52 Å². The van der Waals surface area contributed by atoms with E-state index in [1.54, 1.807) is 4.57 Å². The maximum atomic E-state index is 12.6. The lowest BCUT2D eigenvalue weighted by Gasteiger charge is -2.34. The van der Waals surface area contributed by atoms with Crippen LogP contribution in [0.1, 0.15) is 39.2 Å². The number of para-hydroxylation sites is 2. The highest BCUT2D eigenvalue weighted by Crippen LogP contribution is 2.48. The SMILES string of the molecule is C=C.CC/C=C\C=C(/C)COP(=O)(O)N1CCC(n2c(=O)[nH]c3ccccc32)CC1. The Morgan fingerprint density at radius 2 is 2.00 bits per heavy atom. The molecule has 1 unspecified atom stereocenters. The first-order chi connectivity index (χ1) is 14.4. The predicted octanol–water partition coefficient (Wildman–Crippen LogP) is 4.80. The van der Waals surface area contributed by atoms with Gasteiger partial charge in [-0.3, -0.25) is 9.09 Å². The van der Waals surface area contributed by atoms with E-state index in [1.165, 1.54) is 4.67 Å². The molecule has 3 rings (SSSR count). The predicted molar refractivity (Wildman–Crippen MR) is 123 cm³/mol. The van der Waals surface area contributed by atoms with Gasteiger partial charge in [0, 0.05) is 19.1 Å². The van der Waals surface area contributed by atoms with Crippen LogP contribution in [0.15, 0.2) is 66.0 Å². The normalized spacial score (nSPS) is 18.3. The monoisotopic (exact) mass is 433 g/mol. The molecule has 1 aromatic carbocycles. The molecule has 0 bridgehead atoms. The van der Waals surface area contributed by atoms with Crippen molar-refractivity contribution in [2.75, 3.05) is 19.7 Å². The van der Waals surface area contributed by atoms with Crippen LogP contribution in [-0.2, 0) is 9.09 Å². The summed E-state index contributed by atoms with van der Waals surface area (Å²) in [7, 11) is -3.85. The number of nitrogens with zero attached hydrogens (tertiary/aromatic N) is 2. The molecular formula is C22H32N3O4P. The Kier molecular flexibility index (Phi) is 9.06. The summed E-state index contributed by atoms with van der Waals surface area (Å²) in [6.07, 6.45) is 8.00. The molecule has 1 aliphatic heterocycles. The van der Waals surface area contributed by atoms with Crippen molar-refractivity contribution in [3.8, 4) is 0 Å². The number of H-pyrrole nitrogens is 1. The van der Waals surface area contributed by atoms with Gasteiger partial charge in [-0.05, 0) is 43.9 Å². The standard InChI is InChI=1S/C20H28N3O4P.C2H4/c1-3-4-5-8-16(2)15-27-28(25,26)22-13-11-17(12-14-22)23-19-10-7-6-9-18(19)21-20(23)24;1-2/h4-10,17H,3,11-15H2,1-2H3,(H,21,24)(H,25,26);1-2H2/b5-4-,16-8+;. The molecule has 0 amide bonds. The number of hydrogen-bond donors (Lipinski definition) is 2. The van der Waals surface area contributed by atoms with E-state index in [0.29, 0.717) is 25.9 Å². The molecule has 1 aliphatic rings.